The zero-order chi connectivity index (χ0) is 16.7. The molecule has 23 heavy (non-hydrogen) atoms. The highest BCUT2D eigenvalue weighted by atomic mass is 35.5. The van der Waals surface area contributed by atoms with E-state index in [0.717, 1.165) is 12.0 Å². The Labute approximate surface area is 142 Å². The Bertz CT molecular complexity index is 628. The molecule has 0 unspecified atom stereocenters. The summed E-state index contributed by atoms with van der Waals surface area (Å²) in [5.74, 6) is 0.842. The molecule has 0 saturated heterocycles. The molecule has 0 aliphatic rings. The molecule has 3 nitrogen and oxygen atoms in total. The Balaban J connectivity index is 1.96. The second-order valence-corrected chi connectivity index (χ2v) is 6.29. The Kier molecular flexibility index (Phi) is 6.48. The van der Waals surface area contributed by atoms with Crippen LogP contribution in [-0.2, 0) is 4.79 Å². The minimum absolute atomic E-state index is 0.0152. The fraction of sp³-hybridized carbons (Fsp3) is 0.316. The fourth-order valence-electron chi connectivity index (χ4n) is 2.38. The third-order valence-corrected chi connectivity index (χ3v) is 3.75. The molecule has 0 aromatic heterocycles. The van der Waals surface area contributed by atoms with Crippen LogP contribution >= 0.6 is 11.6 Å². The molecule has 122 valence electrons. The van der Waals surface area contributed by atoms with Crippen molar-refractivity contribution in [3.05, 3.63) is 65.2 Å². The van der Waals surface area contributed by atoms with Gasteiger partial charge in [-0.15, -0.1) is 0 Å². The normalized spacial score (nSPS) is 12.0. The number of nitrogens with one attached hydrogen (secondary N) is 1. The van der Waals surface area contributed by atoms with Crippen molar-refractivity contribution in [2.45, 2.75) is 26.3 Å². The third kappa shape index (κ3) is 5.61. The lowest BCUT2D eigenvalue weighted by atomic mass is 9.97. The zero-order valence-electron chi connectivity index (χ0n) is 13.5. The Morgan fingerprint density at radius 2 is 1.74 bits per heavy atom. The van der Waals surface area contributed by atoms with E-state index in [4.69, 9.17) is 16.3 Å². The van der Waals surface area contributed by atoms with Gasteiger partial charge >= 0.3 is 0 Å². The van der Waals surface area contributed by atoms with Gasteiger partial charge in [0.1, 0.15) is 5.75 Å². The molecule has 1 amide bonds. The van der Waals surface area contributed by atoms with Crippen molar-refractivity contribution < 1.29 is 9.53 Å². The van der Waals surface area contributed by atoms with E-state index in [0.29, 0.717) is 16.7 Å². The van der Waals surface area contributed by atoms with Crippen LogP contribution < -0.4 is 10.1 Å². The van der Waals surface area contributed by atoms with Crippen LogP contribution in [0.25, 0.3) is 0 Å². The van der Waals surface area contributed by atoms with E-state index < -0.39 is 0 Å². The van der Waals surface area contributed by atoms with Gasteiger partial charge in [-0.2, -0.15) is 0 Å². The fourth-order valence-corrected chi connectivity index (χ4v) is 2.57. The lowest BCUT2D eigenvalue weighted by Crippen LogP contribution is -2.33. The van der Waals surface area contributed by atoms with Gasteiger partial charge in [-0.3, -0.25) is 4.79 Å². The van der Waals surface area contributed by atoms with Crippen molar-refractivity contribution in [1.29, 1.82) is 0 Å². The number of carbonyl (C=O) groups is 1. The number of para-hydroxylation sites is 1. The van der Waals surface area contributed by atoms with Crippen molar-refractivity contribution >= 4 is 17.5 Å². The van der Waals surface area contributed by atoms with E-state index >= 15 is 0 Å². The number of hydrogen-bond donors (Lipinski definition) is 1. The number of hydrogen-bond acceptors (Lipinski definition) is 2. The van der Waals surface area contributed by atoms with Gasteiger partial charge in [0.25, 0.3) is 5.91 Å². The summed E-state index contributed by atoms with van der Waals surface area (Å²) < 4.78 is 5.50. The summed E-state index contributed by atoms with van der Waals surface area (Å²) in [5, 5.41) is 3.55. The summed E-state index contributed by atoms with van der Waals surface area (Å²) in [7, 11) is 0. The van der Waals surface area contributed by atoms with Gasteiger partial charge < -0.3 is 10.1 Å². The summed E-state index contributed by atoms with van der Waals surface area (Å²) in [6.07, 6.45) is 0.877. The van der Waals surface area contributed by atoms with E-state index in [-0.39, 0.29) is 18.6 Å². The van der Waals surface area contributed by atoms with E-state index in [1.807, 2.05) is 42.5 Å². The molecular formula is C19H22ClNO2. The number of rotatable bonds is 7. The molecular weight excluding hydrogens is 310 g/mol. The standard InChI is InChI=1S/C19H22ClNO2/c1-14(2)12-17(15-8-4-3-5-9-15)21-19(22)13-23-18-11-7-6-10-16(18)20/h3-11,14,17H,12-13H2,1-2H3,(H,21,22)/t17-/m1/s1. The van der Waals surface area contributed by atoms with E-state index in [9.17, 15) is 4.79 Å². The molecule has 0 aliphatic carbocycles. The quantitative estimate of drug-likeness (QED) is 0.803. The molecule has 0 spiro atoms. The Morgan fingerprint density at radius 3 is 2.39 bits per heavy atom. The second-order valence-electron chi connectivity index (χ2n) is 5.88. The first kappa shape index (κ1) is 17.4. The van der Waals surface area contributed by atoms with E-state index in [1.165, 1.54) is 0 Å². The minimum atomic E-state index is -0.153. The molecule has 0 heterocycles. The van der Waals surface area contributed by atoms with Crippen LogP contribution in [-0.4, -0.2) is 12.5 Å². The molecule has 0 radical (unpaired) electrons. The highest BCUT2D eigenvalue weighted by Crippen LogP contribution is 2.23. The maximum Gasteiger partial charge on any atom is 0.258 e. The van der Waals surface area contributed by atoms with Gasteiger partial charge in [0.2, 0.25) is 0 Å². The molecule has 2 rings (SSSR count). The Hall–Kier alpha value is -2.00. The van der Waals surface area contributed by atoms with Gasteiger partial charge in [-0.05, 0) is 30.0 Å². The van der Waals surface area contributed by atoms with Crippen LogP contribution in [0.2, 0.25) is 5.02 Å². The molecule has 0 aliphatic heterocycles. The van der Waals surface area contributed by atoms with E-state index in [2.05, 4.69) is 19.2 Å². The monoisotopic (exact) mass is 331 g/mol. The summed E-state index contributed by atoms with van der Waals surface area (Å²) in [4.78, 5) is 12.2. The lowest BCUT2D eigenvalue weighted by molar-refractivity contribution is -0.124. The SMILES string of the molecule is CC(C)C[C@@H](NC(=O)COc1ccccc1Cl)c1ccccc1. The number of halogens is 1. The van der Waals surface area contributed by atoms with Crippen LogP contribution in [0.1, 0.15) is 31.9 Å². The molecule has 1 atom stereocenters. The first-order valence-electron chi connectivity index (χ1n) is 7.78. The minimum Gasteiger partial charge on any atom is -0.482 e. The maximum absolute atomic E-state index is 12.2. The van der Waals surface area contributed by atoms with Crippen molar-refractivity contribution in [3.63, 3.8) is 0 Å². The topological polar surface area (TPSA) is 38.3 Å². The molecule has 0 fully saturated rings. The van der Waals surface area contributed by atoms with E-state index in [1.54, 1.807) is 12.1 Å². The van der Waals surface area contributed by atoms with Crippen molar-refractivity contribution in [2.24, 2.45) is 5.92 Å². The first-order valence-corrected chi connectivity index (χ1v) is 8.15. The zero-order valence-corrected chi connectivity index (χ0v) is 14.2. The van der Waals surface area contributed by atoms with Crippen molar-refractivity contribution in [2.75, 3.05) is 6.61 Å². The summed E-state index contributed by atoms with van der Waals surface area (Å²) in [5.41, 5.74) is 1.10. The number of carbonyl (C=O) groups excluding carboxylic acids is 1. The third-order valence-electron chi connectivity index (χ3n) is 3.44. The summed E-state index contributed by atoms with van der Waals surface area (Å²) >= 11 is 6.02. The molecule has 2 aromatic rings. The van der Waals surface area contributed by atoms with Crippen LogP contribution in [0.4, 0.5) is 0 Å². The Morgan fingerprint density at radius 1 is 1.09 bits per heavy atom. The highest BCUT2D eigenvalue weighted by Gasteiger charge is 2.16. The summed E-state index contributed by atoms with van der Waals surface area (Å²) in [6, 6.07) is 17.1. The maximum atomic E-state index is 12.2. The van der Waals surface area contributed by atoms with Gasteiger partial charge in [0, 0.05) is 0 Å². The average molecular weight is 332 g/mol. The lowest BCUT2D eigenvalue weighted by Gasteiger charge is -2.21. The van der Waals surface area contributed by atoms with Crippen LogP contribution in [0.15, 0.2) is 54.6 Å². The number of benzene rings is 2. The van der Waals surface area contributed by atoms with Gasteiger partial charge in [0.05, 0.1) is 11.1 Å². The predicted octanol–water partition coefficient (Wildman–Crippen LogP) is 4.62. The predicted molar refractivity (Wildman–Crippen MR) is 93.7 cm³/mol. The first-order chi connectivity index (χ1) is 11.1. The van der Waals surface area contributed by atoms with Crippen molar-refractivity contribution in [1.82, 2.24) is 5.32 Å². The van der Waals surface area contributed by atoms with Crippen LogP contribution in [0, 0.1) is 5.92 Å². The molecule has 4 heteroatoms. The largest absolute Gasteiger partial charge is 0.482 e. The van der Waals surface area contributed by atoms with Crippen LogP contribution in [0.5, 0.6) is 5.75 Å². The van der Waals surface area contributed by atoms with Gasteiger partial charge in [-0.25, -0.2) is 0 Å². The molecule has 0 bridgehead atoms. The smallest absolute Gasteiger partial charge is 0.258 e. The number of amides is 1. The highest BCUT2D eigenvalue weighted by molar-refractivity contribution is 6.32. The van der Waals surface area contributed by atoms with Gasteiger partial charge in [-0.1, -0.05) is 67.9 Å². The van der Waals surface area contributed by atoms with Crippen LogP contribution in [0.3, 0.4) is 0 Å². The second kappa shape index (κ2) is 8.59. The number of ether oxygens (including phenoxy) is 1. The molecule has 0 saturated carbocycles. The average Bonchev–Trinajstić information content (AvgIpc) is 2.54. The molecule has 1 N–H and O–H groups in total. The molecule has 2 aromatic carbocycles. The van der Waals surface area contributed by atoms with Gasteiger partial charge in [0.15, 0.2) is 6.61 Å². The summed E-state index contributed by atoms with van der Waals surface area (Å²) in [6.45, 7) is 4.23. The van der Waals surface area contributed by atoms with Crippen molar-refractivity contribution in [3.8, 4) is 5.75 Å².